The number of nitriles is 1. The van der Waals surface area contributed by atoms with Crippen molar-refractivity contribution in [3.8, 4) is 17.2 Å². The predicted molar refractivity (Wildman–Crippen MR) is 91.4 cm³/mol. The Labute approximate surface area is 146 Å². The van der Waals surface area contributed by atoms with Crippen LogP contribution in [0, 0.1) is 11.3 Å². The maximum Gasteiger partial charge on any atom is 0.249 e. The smallest absolute Gasteiger partial charge is 0.249 e. The van der Waals surface area contributed by atoms with Crippen LogP contribution in [0.25, 0.3) is 11.1 Å². The van der Waals surface area contributed by atoms with E-state index in [4.69, 9.17) is 4.74 Å². The number of nitrogens with zero attached hydrogens (tertiary/aromatic N) is 3. The molecular weight excluding hydrogens is 318 g/mol. The minimum Gasteiger partial charge on any atom is -0.394 e. The third-order valence-electron chi connectivity index (χ3n) is 4.58. The van der Waals surface area contributed by atoms with Gasteiger partial charge in [0, 0.05) is 25.4 Å². The van der Waals surface area contributed by atoms with Crippen molar-refractivity contribution in [1.29, 1.82) is 5.26 Å². The van der Waals surface area contributed by atoms with Gasteiger partial charge < -0.3 is 14.7 Å². The largest absolute Gasteiger partial charge is 0.394 e. The van der Waals surface area contributed by atoms with Gasteiger partial charge in [-0.1, -0.05) is 30.3 Å². The van der Waals surface area contributed by atoms with Gasteiger partial charge in [0.25, 0.3) is 0 Å². The summed E-state index contributed by atoms with van der Waals surface area (Å²) in [5.74, 6) is -0.491. The van der Waals surface area contributed by atoms with Gasteiger partial charge in [0.15, 0.2) is 0 Å². The quantitative estimate of drug-likeness (QED) is 0.895. The van der Waals surface area contributed by atoms with Crippen LogP contribution in [-0.4, -0.2) is 53.3 Å². The molecule has 1 aliphatic rings. The lowest BCUT2D eigenvalue weighted by Crippen LogP contribution is -2.65. The molecule has 3 rings (SSSR count). The Morgan fingerprint density at radius 1 is 1.32 bits per heavy atom. The lowest BCUT2D eigenvalue weighted by atomic mass is 9.75. The molecule has 128 valence electrons. The van der Waals surface area contributed by atoms with Crippen molar-refractivity contribution in [3.63, 3.8) is 0 Å². The zero-order valence-electron chi connectivity index (χ0n) is 13.9. The van der Waals surface area contributed by atoms with E-state index in [1.165, 1.54) is 12.0 Å². The first-order valence-corrected chi connectivity index (χ1v) is 8.02. The molecule has 0 spiro atoms. The van der Waals surface area contributed by atoms with Crippen molar-refractivity contribution in [2.75, 3.05) is 20.3 Å². The molecule has 1 saturated heterocycles. The number of hydrogen-bond acceptors (Lipinski definition) is 5. The van der Waals surface area contributed by atoms with Crippen molar-refractivity contribution in [2.24, 2.45) is 0 Å². The molecular formula is C19H19N3O3. The summed E-state index contributed by atoms with van der Waals surface area (Å²) in [6, 6.07) is 12.9. The van der Waals surface area contributed by atoms with Gasteiger partial charge in [0.2, 0.25) is 5.91 Å². The molecule has 1 amide bonds. The average Bonchev–Trinajstić information content (AvgIpc) is 2.63. The number of rotatable bonds is 5. The van der Waals surface area contributed by atoms with Gasteiger partial charge in [-0.15, -0.1) is 0 Å². The second-order valence-electron chi connectivity index (χ2n) is 5.95. The molecule has 0 aliphatic carbocycles. The number of carbonyl (C=O) groups excluding carboxylic acids is 1. The fourth-order valence-electron chi connectivity index (χ4n) is 3.38. The molecule has 0 unspecified atom stereocenters. The highest BCUT2D eigenvalue weighted by atomic mass is 16.5. The molecule has 0 radical (unpaired) electrons. The summed E-state index contributed by atoms with van der Waals surface area (Å²) < 4.78 is 4.86. The fraction of sp³-hybridized carbons (Fsp3) is 0.316. The minimum atomic E-state index is -0.593. The number of carbonyl (C=O) groups is 1. The van der Waals surface area contributed by atoms with Crippen LogP contribution in [0.4, 0.5) is 0 Å². The highest BCUT2D eigenvalue weighted by molar-refractivity contribution is 5.80. The minimum absolute atomic E-state index is 0.0959. The zero-order valence-corrected chi connectivity index (χ0v) is 13.9. The number of benzene rings is 1. The zero-order chi connectivity index (χ0) is 17.8. The lowest BCUT2D eigenvalue weighted by molar-refractivity contribution is -0.150. The van der Waals surface area contributed by atoms with Gasteiger partial charge in [-0.3, -0.25) is 9.78 Å². The molecule has 1 aliphatic heterocycles. The van der Waals surface area contributed by atoms with E-state index in [1.807, 2.05) is 36.4 Å². The summed E-state index contributed by atoms with van der Waals surface area (Å²) in [6.45, 7) is -0.288. The van der Waals surface area contributed by atoms with Crippen LogP contribution in [-0.2, 0) is 9.53 Å². The Hall–Kier alpha value is -2.75. The van der Waals surface area contributed by atoms with E-state index in [2.05, 4.69) is 11.1 Å². The van der Waals surface area contributed by atoms with E-state index in [0.717, 1.165) is 16.7 Å². The van der Waals surface area contributed by atoms with E-state index in [-0.39, 0.29) is 25.0 Å². The maximum atomic E-state index is 12.1. The van der Waals surface area contributed by atoms with Crippen LogP contribution in [0.2, 0.25) is 0 Å². The van der Waals surface area contributed by atoms with Crippen LogP contribution >= 0.6 is 0 Å². The Kier molecular flexibility index (Phi) is 5.08. The maximum absolute atomic E-state index is 12.1. The fourth-order valence-corrected chi connectivity index (χ4v) is 3.38. The Morgan fingerprint density at radius 2 is 2.08 bits per heavy atom. The van der Waals surface area contributed by atoms with Gasteiger partial charge in [-0.2, -0.15) is 5.26 Å². The molecule has 25 heavy (non-hydrogen) atoms. The van der Waals surface area contributed by atoms with Crippen LogP contribution in [0.15, 0.2) is 48.8 Å². The van der Waals surface area contributed by atoms with Crippen LogP contribution < -0.4 is 0 Å². The number of aliphatic hydroxyl groups excluding tert-OH is 1. The highest BCUT2D eigenvalue weighted by Gasteiger charge is 2.51. The molecule has 3 atom stereocenters. The summed E-state index contributed by atoms with van der Waals surface area (Å²) >= 11 is 0. The summed E-state index contributed by atoms with van der Waals surface area (Å²) in [5, 5.41) is 19.2. The van der Waals surface area contributed by atoms with Gasteiger partial charge >= 0.3 is 0 Å². The van der Waals surface area contributed by atoms with Crippen molar-refractivity contribution in [2.45, 2.75) is 18.0 Å². The molecule has 2 heterocycles. The number of amides is 1. The van der Waals surface area contributed by atoms with Crippen molar-refractivity contribution in [3.05, 3.63) is 54.4 Å². The van der Waals surface area contributed by atoms with E-state index in [1.54, 1.807) is 12.4 Å². The second-order valence-corrected chi connectivity index (χ2v) is 5.95. The number of methoxy groups -OCH3 is 1. The normalized spacial score (nSPS) is 22.1. The van der Waals surface area contributed by atoms with Crippen molar-refractivity contribution < 1.29 is 14.6 Å². The number of likely N-dealkylation sites (tertiary alicyclic amines) is 1. The number of hydrogen-bond donors (Lipinski definition) is 1. The van der Waals surface area contributed by atoms with Crippen LogP contribution in [0.3, 0.4) is 0 Å². The molecule has 1 fully saturated rings. The summed E-state index contributed by atoms with van der Waals surface area (Å²) in [5.41, 5.74) is 2.97. The topological polar surface area (TPSA) is 86.5 Å². The lowest BCUT2D eigenvalue weighted by Gasteiger charge is -2.51. The Bertz CT molecular complexity index is 771. The molecule has 6 nitrogen and oxygen atoms in total. The van der Waals surface area contributed by atoms with E-state index < -0.39 is 12.1 Å². The molecule has 1 aromatic carbocycles. The third-order valence-corrected chi connectivity index (χ3v) is 4.58. The predicted octanol–water partition coefficient (Wildman–Crippen LogP) is 1.57. The molecule has 0 bridgehead atoms. The summed E-state index contributed by atoms with van der Waals surface area (Å²) in [7, 11) is 1.43. The average molecular weight is 337 g/mol. The van der Waals surface area contributed by atoms with Crippen LogP contribution in [0.5, 0.6) is 0 Å². The van der Waals surface area contributed by atoms with Gasteiger partial charge in [0.05, 0.1) is 18.7 Å². The van der Waals surface area contributed by atoms with E-state index in [9.17, 15) is 15.2 Å². The first-order chi connectivity index (χ1) is 12.2. The van der Waals surface area contributed by atoms with Crippen molar-refractivity contribution >= 4 is 5.91 Å². The standard InChI is InChI=1S/C19H19N3O3/c1-25-12-18(24)22-16(9-20)19(17(22)11-23)14-6-4-13(5-7-14)15-3-2-8-21-10-15/h2-8,10,16-17,19,23H,11-12H2,1H3/t16-,17-,19-/m0/s1. The first-order valence-electron chi connectivity index (χ1n) is 8.02. The Balaban J connectivity index is 1.83. The molecule has 1 N–H and O–H groups in total. The van der Waals surface area contributed by atoms with E-state index in [0.29, 0.717) is 0 Å². The number of pyridine rings is 1. The SMILES string of the molecule is COCC(=O)N1[C@@H](C#N)[C@H](c2ccc(-c3cccnc3)cc2)[C@@H]1CO. The molecule has 1 aromatic heterocycles. The van der Waals surface area contributed by atoms with Gasteiger partial charge in [-0.25, -0.2) is 0 Å². The number of aliphatic hydroxyl groups is 1. The Morgan fingerprint density at radius 3 is 2.64 bits per heavy atom. The second kappa shape index (κ2) is 7.43. The van der Waals surface area contributed by atoms with Crippen LogP contribution in [0.1, 0.15) is 11.5 Å². The van der Waals surface area contributed by atoms with Gasteiger partial charge in [0.1, 0.15) is 12.6 Å². The molecule has 2 aromatic rings. The first kappa shape index (κ1) is 17.1. The summed E-state index contributed by atoms with van der Waals surface area (Å²) in [4.78, 5) is 17.6. The monoisotopic (exact) mass is 337 g/mol. The molecule has 6 heteroatoms. The van der Waals surface area contributed by atoms with Gasteiger partial charge in [-0.05, 0) is 22.8 Å². The number of ether oxygens (including phenoxy) is 1. The van der Waals surface area contributed by atoms with Crippen molar-refractivity contribution in [1.82, 2.24) is 9.88 Å². The third kappa shape index (κ3) is 3.12. The van der Waals surface area contributed by atoms with E-state index >= 15 is 0 Å². The number of aromatic nitrogens is 1. The summed E-state index contributed by atoms with van der Waals surface area (Å²) in [6.07, 6.45) is 3.51. The molecule has 0 saturated carbocycles. The highest BCUT2D eigenvalue weighted by Crippen LogP contribution is 2.40.